The summed E-state index contributed by atoms with van der Waals surface area (Å²) in [5.41, 5.74) is 2.07. The molecule has 0 fully saturated rings. The number of nitrogens with zero attached hydrogens (tertiary/aromatic N) is 1. The zero-order valence-corrected chi connectivity index (χ0v) is 17.2. The van der Waals surface area contributed by atoms with Gasteiger partial charge in [-0.15, -0.1) is 0 Å². The van der Waals surface area contributed by atoms with Crippen molar-refractivity contribution in [2.45, 2.75) is 13.2 Å². The first-order valence-corrected chi connectivity index (χ1v) is 9.26. The van der Waals surface area contributed by atoms with E-state index in [2.05, 4.69) is 40.2 Å². The summed E-state index contributed by atoms with van der Waals surface area (Å²) in [7, 11) is 5.77. The molecule has 2 rings (SSSR count). The molecule has 6 heteroatoms. The number of nitrogens with one attached hydrogen (secondary N) is 1. The predicted molar refractivity (Wildman–Crippen MR) is 107 cm³/mol. The van der Waals surface area contributed by atoms with Crippen LogP contribution in [0.3, 0.4) is 0 Å². The zero-order valence-electron chi connectivity index (χ0n) is 14.8. The van der Waals surface area contributed by atoms with Crippen LogP contribution in [0.1, 0.15) is 11.1 Å². The lowest BCUT2D eigenvalue weighted by Crippen LogP contribution is -2.26. The van der Waals surface area contributed by atoms with Gasteiger partial charge in [0.2, 0.25) is 0 Å². The number of likely N-dealkylation sites (N-methyl/N-ethyl adjacent to an activating group) is 1. The monoisotopic (exact) mass is 426 g/mol. The van der Waals surface area contributed by atoms with E-state index in [4.69, 9.17) is 21.1 Å². The summed E-state index contributed by atoms with van der Waals surface area (Å²) in [6.07, 6.45) is 0. The average molecular weight is 428 g/mol. The van der Waals surface area contributed by atoms with E-state index in [1.807, 2.05) is 36.4 Å². The Balaban J connectivity index is 2.04. The topological polar surface area (TPSA) is 33.7 Å². The summed E-state index contributed by atoms with van der Waals surface area (Å²) in [4.78, 5) is 2.15. The van der Waals surface area contributed by atoms with Gasteiger partial charge < -0.3 is 19.7 Å². The number of hydrogen-bond acceptors (Lipinski definition) is 4. The zero-order chi connectivity index (χ0) is 18.2. The Morgan fingerprint density at radius 2 is 1.96 bits per heavy atom. The molecular weight excluding hydrogens is 404 g/mol. The molecule has 0 spiro atoms. The molecule has 0 aromatic heterocycles. The van der Waals surface area contributed by atoms with Crippen molar-refractivity contribution >= 4 is 27.5 Å². The average Bonchev–Trinajstić information content (AvgIpc) is 2.58. The van der Waals surface area contributed by atoms with Crippen LogP contribution in [0.15, 0.2) is 40.9 Å². The Labute approximate surface area is 163 Å². The molecule has 136 valence electrons. The first-order chi connectivity index (χ1) is 12.0. The van der Waals surface area contributed by atoms with Crippen LogP contribution in [0.25, 0.3) is 0 Å². The van der Waals surface area contributed by atoms with Gasteiger partial charge in [0.1, 0.15) is 6.61 Å². The van der Waals surface area contributed by atoms with Crippen LogP contribution < -0.4 is 14.8 Å². The van der Waals surface area contributed by atoms with E-state index < -0.39 is 0 Å². The third-order valence-electron chi connectivity index (χ3n) is 3.68. The summed E-state index contributed by atoms with van der Waals surface area (Å²) < 4.78 is 12.3. The number of benzene rings is 2. The molecule has 2 aromatic rings. The Morgan fingerprint density at radius 1 is 1.20 bits per heavy atom. The summed E-state index contributed by atoms with van der Waals surface area (Å²) in [5.74, 6) is 1.38. The number of ether oxygens (including phenoxy) is 2. The second kappa shape index (κ2) is 10.0. The van der Waals surface area contributed by atoms with E-state index >= 15 is 0 Å². The van der Waals surface area contributed by atoms with Crippen LogP contribution >= 0.6 is 27.5 Å². The molecule has 0 amide bonds. The van der Waals surface area contributed by atoms with Gasteiger partial charge in [-0.2, -0.15) is 0 Å². The van der Waals surface area contributed by atoms with E-state index in [9.17, 15) is 0 Å². The van der Waals surface area contributed by atoms with Crippen molar-refractivity contribution in [3.8, 4) is 11.5 Å². The second-order valence-electron chi connectivity index (χ2n) is 5.97. The Hall–Kier alpha value is -1.27. The fraction of sp³-hybridized carbons (Fsp3) is 0.368. The molecule has 0 radical (unpaired) electrons. The second-order valence-corrected chi connectivity index (χ2v) is 7.23. The van der Waals surface area contributed by atoms with Crippen molar-refractivity contribution in [3.63, 3.8) is 0 Å². The minimum absolute atomic E-state index is 0.384. The Bertz CT molecular complexity index is 695. The smallest absolute Gasteiger partial charge is 0.175 e. The highest BCUT2D eigenvalue weighted by Gasteiger charge is 2.12. The predicted octanol–water partition coefficient (Wildman–Crippen LogP) is 4.34. The van der Waals surface area contributed by atoms with Crippen molar-refractivity contribution in [2.75, 3.05) is 34.3 Å². The van der Waals surface area contributed by atoms with Gasteiger partial charge in [-0.05, 0) is 53.8 Å². The molecule has 2 aromatic carbocycles. The van der Waals surface area contributed by atoms with Crippen molar-refractivity contribution in [3.05, 3.63) is 57.0 Å². The van der Waals surface area contributed by atoms with Crippen LogP contribution in [-0.2, 0) is 13.2 Å². The third kappa shape index (κ3) is 6.19. The van der Waals surface area contributed by atoms with Gasteiger partial charge >= 0.3 is 0 Å². The van der Waals surface area contributed by atoms with Crippen LogP contribution in [0.5, 0.6) is 11.5 Å². The molecule has 0 saturated carbocycles. The summed E-state index contributed by atoms with van der Waals surface area (Å²) >= 11 is 9.78. The van der Waals surface area contributed by atoms with Crippen molar-refractivity contribution < 1.29 is 9.47 Å². The van der Waals surface area contributed by atoms with E-state index in [1.54, 1.807) is 7.11 Å². The van der Waals surface area contributed by atoms with Gasteiger partial charge in [0.05, 0.1) is 11.6 Å². The molecule has 1 N–H and O–H groups in total. The molecule has 0 aliphatic heterocycles. The minimum atomic E-state index is 0.384. The molecule has 4 nitrogen and oxygen atoms in total. The summed E-state index contributed by atoms with van der Waals surface area (Å²) in [5, 5.41) is 4.11. The lowest BCUT2D eigenvalue weighted by Gasteiger charge is -2.16. The van der Waals surface area contributed by atoms with Gasteiger partial charge in [-0.3, -0.25) is 0 Å². The van der Waals surface area contributed by atoms with E-state index in [1.165, 1.54) is 0 Å². The molecule has 0 bridgehead atoms. The maximum atomic E-state index is 6.19. The maximum absolute atomic E-state index is 6.19. The van der Waals surface area contributed by atoms with Crippen LogP contribution in [0.4, 0.5) is 0 Å². The van der Waals surface area contributed by atoms with Gasteiger partial charge in [0.25, 0.3) is 0 Å². The maximum Gasteiger partial charge on any atom is 0.175 e. The molecule has 0 saturated heterocycles. The van der Waals surface area contributed by atoms with Crippen LogP contribution in [-0.4, -0.2) is 39.2 Å². The van der Waals surface area contributed by atoms with Crippen LogP contribution in [0.2, 0.25) is 5.02 Å². The van der Waals surface area contributed by atoms with Crippen molar-refractivity contribution in [2.24, 2.45) is 0 Å². The number of rotatable bonds is 9. The number of halogens is 2. The normalized spacial score (nSPS) is 11.0. The largest absolute Gasteiger partial charge is 0.493 e. The van der Waals surface area contributed by atoms with Gasteiger partial charge in [0, 0.05) is 30.2 Å². The fourth-order valence-electron chi connectivity index (χ4n) is 2.32. The summed E-state index contributed by atoms with van der Waals surface area (Å²) in [6.45, 7) is 3.08. The van der Waals surface area contributed by atoms with E-state index in [0.717, 1.165) is 35.2 Å². The first kappa shape index (κ1) is 20.0. The lowest BCUT2D eigenvalue weighted by molar-refractivity contribution is 0.282. The Morgan fingerprint density at radius 3 is 2.64 bits per heavy atom. The van der Waals surface area contributed by atoms with E-state index in [0.29, 0.717) is 23.1 Å². The molecule has 0 heterocycles. The molecule has 0 atom stereocenters. The summed E-state index contributed by atoms with van der Waals surface area (Å²) in [6, 6.07) is 11.7. The minimum Gasteiger partial charge on any atom is -0.493 e. The number of hydrogen-bond donors (Lipinski definition) is 1. The highest BCUT2D eigenvalue weighted by Crippen LogP contribution is 2.37. The van der Waals surface area contributed by atoms with Gasteiger partial charge in [-0.1, -0.05) is 29.8 Å². The quantitative estimate of drug-likeness (QED) is 0.604. The van der Waals surface area contributed by atoms with Gasteiger partial charge in [-0.25, -0.2) is 0 Å². The molecule has 0 unspecified atom stereocenters. The highest BCUT2D eigenvalue weighted by atomic mass is 79.9. The van der Waals surface area contributed by atoms with Crippen LogP contribution in [0, 0.1) is 0 Å². The Kier molecular flexibility index (Phi) is 8.03. The lowest BCUT2D eigenvalue weighted by atomic mass is 10.2. The molecular formula is C19H24BrClN2O2. The third-order valence-corrected chi connectivity index (χ3v) is 4.64. The molecule has 25 heavy (non-hydrogen) atoms. The SMILES string of the molecule is COc1cc(CNCCN(C)C)cc(Br)c1OCc1ccccc1Cl. The number of methoxy groups -OCH3 is 1. The van der Waals surface area contributed by atoms with Gasteiger partial charge in [0.15, 0.2) is 11.5 Å². The van der Waals surface area contributed by atoms with Crippen molar-refractivity contribution in [1.29, 1.82) is 0 Å². The molecule has 0 aliphatic rings. The van der Waals surface area contributed by atoms with Crippen molar-refractivity contribution in [1.82, 2.24) is 10.2 Å². The standard InChI is InChI=1S/C19H24BrClN2O2/c1-23(2)9-8-22-12-14-10-16(20)19(18(11-14)24-3)25-13-15-6-4-5-7-17(15)21/h4-7,10-11,22H,8-9,12-13H2,1-3H3. The van der Waals surface area contributed by atoms with E-state index in [-0.39, 0.29) is 0 Å². The molecule has 0 aliphatic carbocycles. The highest BCUT2D eigenvalue weighted by molar-refractivity contribution is 9.10. The first-order valence-electron chi connectivity index (χ1n) is 8.09. The fourth-order valence-corrected chi connectivity index (χ4v) is 3.11.